The Labute approximate surface area is 158 Å². The first kappa shape index (κ1) is 21.9. The Kier molecular flexibility index (Phi) is 9.67. The molecule has 0 radical (unpaired) electrons. The quantitative estimate of drug-likeness (QED) is 0.481. The summed E-state index contributed by atoms with van der Waals surface area (Å²) in [6, 6.07) is 6.54. The predicted molar refractivity (Wildman–Crippen MR) is 112 cm³/mol. The van der Waals surface area contributed by atoms with Crippen molar-refractivity contribution in [2.45, 2.75) is 60.0 Å². The van der Waals surface area contributed by atoms with Crippen LogP contribution in [0.2, 0.25) is 0 Å². The topological polar surface area (TPSA) is 49.3 Å². The van der Waals surface area contributed by atoms with E-state index < -0.39 is 6.10 Å². The number of amides is 1. The summed E-state index contributed by atoms with van der Waals surface area (Å²) in [5, 5.41) is 12.4. The molecule has 1 amide bonds. The summed E-state index contributed by atoms with van der Waals surface area (Å²) in [4.78, 5) is 10.8. The first-order valence-corrected chi connectivity index (χ1v) is 9.34. The van der Waals surface area contributed by atoms with Gasteiger partial charge < -0.3 is 10.4 Å². The van der Waals surface area contributed by atoms with E-state index in [0.29, 0.717) is 13.0 Å². The van der Waals surface area contributed by atoms with Crippen LogP contribution in [-0.4, -0.2) is 23.7 Å². The Morgan fingerprint density at radius 3 is 2.65 bits per heavy atom. The van der Waals surface area contributed by atoms with Crippen LogP contribution in [0.1, 0.15) is 63.6 Å². The molecular formula is C23H33NO2. The third-order valence-corrected chi connectivity index (χ3v) is 4.22. The minimum absolute atomic E-state index is 0.103. The Hall–Kier alpha value is -2.13. The number of benzene rings is 1. The summed E-state index contributed by atoms with van der Waals surface area (Å²) in [6.45, 7) is 10.2. The molecule has 3 heteroatoms. The van der Waals surface area contributed by atoms with Crippen LogP contribution >= 0.6 is 0 Å². The van der Waals surface area contributed by atoms with E-state index in [1.165, 1.54) is 34.8 Å². The van der Waals surface area contributed by atoms with Crippen molar-refractivity contribution in [3.8, 4) is 0 Å². The number of carbonyl (C=O) groups is 1. The van der Waals surface area contributed by atoms with Gasteiger partial charge in [0.05, 0.1) is 6.10 Å². The van der Waals surface area contributed by atoms with Gasteiger partial charge in [0, 0.05) is 13.5 Å². The van der Waals surface area contributed by atoms with Crippen LogP contribution in [0.15, 0.2) is 42.0 Å². The summed E-state index contributed by atoms with van der Waals surface area (Å²) in [7, 11) is 0. The molecule has 26 heavy (non-hydrogen) atoms. The molecule has 0 aromatic heterocycles. The molecule has 0 saturated carbocycles. The lowest BCUT2D eigenvalue weighted by atomic mass is 9.96. The smallest absolute Gasteiger partial charge is 0.216 e. The highest BCUT2D eigenvalue weighted by Gasteiger charge is 2.04. The average molecular weight is 356 g/mol. The molecule has 1 rings (SSSR count). The minimum atomic E-state index is -0.471. The SMILES string of the molecule is C/C=C\c1cc(C)ccc1/C(C)=C\C(C)=C\CCCC(O)CNC(C)=O. The largest absolute Gasteiger partial charge is 0.391 e. The van der Waals surface area contributed by atoms with Crippen LogP contribution in [0.3, 0.4) is 0 Å². The van der Waals surface area contributed by atoms with Gasteiger partial charge in [0.15, 0.2) is 0 Å². The summed E-state index contributed by atoms with van der Waals surface area (Å²) in [5.74, 6) is -0.103. The number of hydrogen-bond donors (Lipinski definition) is 2. The number of aliphatic hydroxyl groups excluding tert-OH is 1. The zero-order valence-electron chi connectivity index (χ0n) is 16.8. The van der Waals surface area contributed by atoms with Crippen LogP contribution in [0.25, 0.3) is 11.6 Å². The van der Waals surface area contributed by atoms with Gasteiger partial charge >= 0.3 is 0 Å². The molecule has 0 aliphatic rings. The van der Waals surface area contributed by atoms with Gasteiger partial charge in [-0.15, -0.1) is 0 Å². The van der Waals surface area contributed by atoms with Gasteiger partial charge in [-0.25, -0.2) is 0 Å². The van der Waals surface area contributed by atoms with Gasteiger partial charge in [0.1, 0.15) is 0 Å². The molecule has 1 aromatic rings. The summed E-state index contributed by atoms with van der Waals surface area (Å²) < 4.78 is 0. The standard InChI is InChI=1S/C23H33NO2/c1-6-9-21-15-18(3)12-13-23(21)19(4)14-17(2)10-7-8-11-22(26)16-24-20(5)25/h6,9-10,12-15,22,26H,7-8,11,16H2,1-5H3,(H,24,25)/b9-6-,17-10+,19-14-. The van der Waals surface area contributed by atoms with E-state index >= 15 is 0 Å². The van der Waals surface area contributed by atoms with Crippen molar-refractivity contribution in [3.05, 3.63) is 58.7 Å². The molecule has 1 atom stereocenters. The van der Waals surface area contributed by atoms with Gasteiger partial charge in [-0.3, -0.25) is 4.79 Å². The first-order chi connectivity index (χ1) is 12.3. The van der Waals surface area contributed by atoms with E-state index in [9.17, 15) is 9.90 Å². The summed E-state index contributed by atoms with van der Waals surface area (Å²) in [6.07, 6.45) is 10.7. The fourth-order valence-electron chi connectivity index (χ4n) is 2.88. The Bertz CT molecular complexity index is 683. The molecule has 0 saturated heterocycles. The average Bonchev–Trinajstić information content (AvgIpc) is 2.57. The maximum absolute atomic E-state index is 10.8. The lowest BCUT2D eigenvalue weighted by Crippen LogP contribution is -2.30. The molecule has 142 valence electrons. The van der Waals surface area contributed by atoms with Crippen molar-refractivity contribution in [2.24, 2.45) is 0 Å². The monoisotopic (exact) mass is 355 g/mol. The highest BCUT2D eigenvalue weighted by Crippen LogP contribution is 2.23. The van der Waals surface area contributed by atoms with E-state index in [-0.39, 0.29) is 5.91 Å². The van der Waals surface area contributed by atoms with Crippen molar-refractivity contribution in [1.82, 2.24) is 5.32 Å². The highest BCUT2D eigenvalue weighted by atomic mass is 16.3. The second kappa shape index (κ2) is 11.5. The third-order valence-electron chi connectivity index (χ3n) is 4.22. The minimum Gasteiger partial charge on any atom is -0.391 e. The molecule has 0 fully saturated rings. The fourth-order valence-corrected chi connectivity index (χ4v) is 2.88. The predicted octanol–water partition coefficient (Wildman–Crippen LogP) is 5.05. The lowest BCUT2D eigenvalue weighted by molar-refractivity contribution is -0.119. The van der Waals surface area contributed by atoms with Crippen LogP contribution < -0.4 is 5.32 Å². The van der Waals surface area contributed by atoms with Crippen molar-refractivity contribution in [1.29, 1.82) is 0 Å². The highest BCUT2D eigenvalue weighted by molar-refractivity contribution is 5.75. The number of allylic oxidation sites excluding steroid dienone is 5. The molecule has 3 nitrogen and oxygen atoms in total. The van der Waals surface area contributed by atoms with Gasteiger partial charge in [-0.05, 0) is 63.7 Å². The van der Waals surface area contributed by atoms with Crippen molar-refractivity contribution in [2.75, 3.05) is 6.54 Å². The molecule has 1 aromatic carbocycles. The molecule has 2 N–H and O–H groups in total. The molecule has 0 heterocycles. The van der Waals surface area contributed by atoms with Crippen LogP contribution in [0.5, 0.6) is 0 Å². The number of carbonyl (C=O) groups excluding carboxylic acids is 1. The van der Waals surface area contributed by atoms with Crippen LogP contribution in [0, 0.1) is 6.92 Å². The van der Waals surface area contributed by atoms with E-state index in [4.69, 9.17) is 0 Å². The maximum atomic E-state index is 10.8. The van der Waals surface area contributed by atoms with Gasteiger partial charge in [0.25, 0.3) is 0 Å². The second-order valence-electron chi connectivity index (χ2n) is 6.89. The van der Waals surface area contributed by atoms with Gasteiger partial charge in [-0.2, -0.15) is 0 Å². The summed E-state index contributed by atoms with van der Waals surface area (Å²) >= 11 is 0. The number of rotatable bonds is 9. The Morgan fingerprint density at radius 2 is 2.00 bits per heavy atom. The maximum Gasteiger partial charge on any atom is 0.216 e. The Morgan fingerprint density at radius 1 is 1.27 bits per heavy atom. The molecule has 0 bridgehead atoms. The normalized spacial score (nSPS) is 13.9. The number of aliphatic hydroxyl groups is 1. The third kappa shape index (κ3) is 8.30. The van der Waals surface area contributed by atoms with E-state index in [1.807, 2.05) is 6.92 Å². The molecular weight excluding hydrogens is 322 g/mol. The summed E-state index contributed by atoms with van der Waals surface area (Å²) in [5.41, 5.74) is 6.24. The number of aryl methyl sites for hydroxylation is 1. The number of unbranched alkanes of at least 4 members (excludes halogenated alkanes) is 1. The zero-order valence-corrected chi connectivity index (χ0v) is 16.8. The van der Waals surface area contributed by atoms with E-state index in [2.05, 4.69) is 68.6 Å². The fraction of sp³-hybridized carbons (Fsp3) is 0.435. The van der Waals surface area contributed by atoms with Gasteiger partial charge in [-0.1, -0.05) is 53.6 Å². The second-order valence-corrected chi connectivity index (χ2v) is 6.89. The van der Waals surface area contributed by atoms with E-state index in [1.54, 1.807) is 0 Å². The first-order valence-electron chi connectivity index (χ1n) is 9.34. The van der Waals surface area contributed by atoms with Crippen molar-refractivity contribution in [3.63, 3.8) is 0 Å². The number of nitrogens with one attached hydrogen (secondary N) is 1. The van der Waals surface area contributed by atoms with Crippen molar-refractivity contribution >= 4 is 17.6 Å². The van der Waals surface area contributed by atoms with Crippen LogP contribution in [-0.2, 0) is 4.79 Å². The van der Waals surface area contributed by atoms with Gasteiger partial charge in [0.2, 0.25) is 5.91 Å². The lowest BCUT2D eigenvalue weighted by Gasteiger charge is -2.10. The van der Waals surface area contributed by atoms with Crippen molar-refractivity contribution < 1.29 is 9.90 Å². The molecule has 0 aliphatic carbocycles. The zero-order chi connectivity index (χ0) is 19.5. The number of hydrogen-bond acceptors (Lipinski definition) is 2. The van der Waals surface area contributed by atoms with E-state index in [0.717, 1.165) is 12.8 Å². The van der Waals surface area contributed by atoms with Crippen LogP contribution in [0.4, 0.5) is 0 Å². The molecule has 1 unspecified atom stereocenters. The Balaban J connectivity index is 2.63. The molecule has 0 spiro atoms. The molecule has 0 aliphatic heterocycles.